The lowest BCUT2D eigenvalue weighted by Crippen LogP contribution is -2.38. The smallest absolute Gasteiger partial charge is 0.257 e. The summed E-state index contributed by atoms with van der Waals surface area (Å²) in [4.78, 5) is 38.7. The van der Waals surface area contributed by atoms with Crippen molar-refractivity contribution in [3.63, 3.8) is 0 Å². The molecular formula is C23H22ClN5O2. The first-order valence-electron chi connectivity index (χ1n) is 10.4. The molecular weight excluding hydrogens is 414 g/mol. The van der Waals surface area contributed by atoms with Crippen molar-refractivity contribution in [1.82, 2.24) is 19.9 Å². The predicted octanol–water partition coefficient (Wildman–Crippen LogP) is 4.14. The number of hydrogen-bond donors (Lipinski definition) is 2. The second-order valence-corrected chi connectivity index (χ2v) is 8.53. The van der Waals surface area contributed by atoms with Crippen molar-refractivity contribution in [2.75, 3.05) is 18.4 Å². The summed E-state index contributed by atoms with van der Waals surface area (Å²) in [5.41, 5.74) is 3.30. The van der Waals surface area contributed by atoms with Gasteiger partial charge in [-0.05, 0) is 54.2 Å². The van der Waals surface area contributed by atoms with Gasteiger partial charge in [0.05, 0.1) is 5.56 Å². The topological polar surface area (TPSA) is 91.0 Å². The molecule has 4 heterocycles. The zero-order valence-electron chi connectivity index (χ0n) is 17.1. The number of pyridine rings is 2. The molecule has 1 aliphatic carbocycles. The molecule has 3 aromatic rings. The summed E-state index contributed by atoms with van der Waals surface area (Å²) in [7, 11) is 0. The highest BCUT2D eigenvalue weighted by atomic mass is 35.5. The van der Waals surface area contributed by atoms with Crippen molar-refractivity contribution in [1.29, 1.82) is 0 Å². The number of anilines is 1. The van der Waals surface area contributed by atoms with Gasteiger partial charge in [0.2, 0.25) is 5.91 Å². The summed E-state index contributed by atoms with van der Waals surface area (Å²) in [5.74, 6) is 0.659. The molecule has 31 heavy (non-hydrogen) atoms. The van der Waals surface area contributed by atoms with Crippen LogP contribution in [0.2, 0.25) is 5.15 Å². The highest BCUT2D eigenvalue weighted by Crippen LogP contribution is 2.35. The lowest BCUT2D eigenvalue weighted by atomic mass is 9.89. The summed E-state index contributed by atoms with van der Waals surface area (Å²) < 4.78 is 0. The number of carbonyl (C=O) groups excluding carboxylic acids is 2. The fourth-order valence-corrected chi connectivity index (χ4v) is 4.28. The number of aromatic amines is 1. The second kappa shape index (κ2) is 7.81. The van der Waals surface area contributed by atoms with Gasteiger partial charge in [0, 0.05) is 36.8 Å². The number of amides is 2. The normalized spacial score (nSPS) is 18.7. The first-order valence-corrected chi connectivity index (χ1v) is 10.8. The van der Waals surface area contributed by atoms with Gasteiger partial charge in [0.25, 0.3) is 5.91 Å². The number of carbonyl (C=O) groups is 2. The van der Waals surface area contributed by atoms with Crippen LogP contribution in [0.3, 0.4) is 0 Å². The highest BCUT2D eigenvalue weighted by molar-refractivity contribution is 6.32. The number of nitrogens with zero attached hydrogens (tertiary/aromatic N) is 3. The van der Waals surface area contributed by atoms with Gasteiger partial charge in [-0.3, -0.25) is 9.59 Å². The fourth-order valence-electron chi connectivity index (χ4n) is 4.08. The SMILES string of the molecule is CC1CN(C(=O)c2cccnc2Cl)CC=C1c1cc(NC(=O)C2CC2)nc2[nH]ccc12. The Morgan fingerprint density at radius 1 is 1.29 bits per heavy atom. The molecule has 158 valence electrons. The van der Waals surface area contributed by atoms with Crippen molar-refractivity contribution >= 4 is 45.8 Å². The van der Waals surface area contributed by atoms with Crippen molar-refractivity contribution in [3.05, 3.63) is 59.0 Å². The van der Waals surface area contributed by atoms with Crippen LogP contribution in [0.25, 0.3) is 16.6 Å². The van der Waals surface area contributed by atoms with Gasteiger partial charge in [-0.25, -0.2) is 9.97 Å². The van der Waals surface area contributed by atoms with E-state index in [1.807, 2.05) is 18.3 Å². The summed E-state index contributed by atoms with van der Waals surface area (Å²) in [6.07, 6.45) is 7.38. The van der Waals surface area contributed by atoms with E-state index in [9.17, 15) is 9.59 Å². The van der Waals surface area contributed by atoms with E-state index in [1.165, 1.54) is 0 Å². The molecule has 2 N–H and O–H groups in total. The van der Waals surface area contributed by atoms with Crippen molar-refractivity contribution < 1.29 is 9.59 Å². The Balaban J connectivity index is 1.45. The second-order valence-electron chi connectivity index (χ2n) is 8.17. The van der Waals surface area contributed by atoms with Crippen molar-refractivity contribution in [2.45, 2.75) is 19.8 Å². The minimum absolute atomic E-state index is 0.0279. The molecule has 3 aromatic heterocycles. The third kappa shape index (κ3) is 3.81. The van der Waals surface area contributed by atoms with Crippen LogP contribution < -0.4 is 5.32 Å². The Morgan fingerprint density at radius 3 is 2.87 bits per heavy atom. The first kappa shape index (κ1) is 19.8. The Morgan fingerprint density at radius 2 is 2.13 bits per heavy atom. The van der Waals surface area contributed by atoms with Gasteiger partial charge in [0.1, 0.15) is 16.6 Å². The van der Waals surface area contributed by atoms with Crippen LogP contribution in [0.15, 0.2) is 42.7 Å². The molecule has 0 spiro atoms. The number of H-pyrrole nitrogens is 1. The van der Waals surface area contributed by atoms with E-state index in [2.05, 4.69) is 33.3 Å². The Kier molecular flexibility index (Phi) is 4.98. The third-order valence-electron chi connectivity index (χ3n) is 5.87. The molecule has 8 heteroatoms. The number of halogens is 1. The van der Waals surface area contributed by atoms with Gasteiger partial charge in [-0.15, -0.1) is 0 Å². The van der Waals surface area contributed by atoms with Crippen LogP contribution >= 0.6 is 11.6 Å². The Bertz CT molecular complexity index is 1210. The molecule has 0 bridgehead atoms. The van der Waals surface area contributed by atoms with Gasteiger partial charge in [-0.2, -0.15) is 0 Å². The molecule has 1 aliphatic heterocycles. The number of hydrogen-bond acceptors (Lipinski definition) is 4. The van der Waals surface area contributed by atoms with Gasteiger partial charge in [0.15, 0.2) is 0 Å². The maximum atomic E-state index is 12.9. The molecule has 0 radical (unpaired) electrons. The Labute approximate surface area is 184 Å². The highest BCUT2D eigenvalue weighted by Gasteiger charge is 2.31. The minimum Gasteiger partial charge on any atom is -0.346 e. The molecule has 1 saturated carbocycles. The maximum Gasteiger partial charge on any atom is 0.257 e. The van der Waals surface area contributed by atoms with Gasteiger partial charge >= 0.3 is 0 Å². The average Bonchev–Trinajstić information content (AvgIpc) is 3.51. The monoisotopic (exact) mass is 435 g/mol. The zero-order chi connectivity index (χ0) is 21.5. The summed E-state index contributed by atoms with van der Waals surface area (Å²) in [6.45, 7) is 3.13. The molecule has 5 rings (SSSR count). The minimum atomic E-state index is -0.126. The van der Waals surface area contributed by atoms with E-state index in [0.29, 0.717) is 24.5 Å². The van der Waals surface area contributed by atoms with E-state index in [1.54, 1.807) is 23.2 Å². The standard InChI is InChI=1S/C23H22ClN5O2/c1-13-12-29(23(31)17-3-2-8-25-20(17)24)10-7-15(13)18-11-19(28-22(30)14-4-5-14)27-21-16(18)6-9-26-21/h2-3,6-9,11,13-14H,4-5,10,12H2,1H3,(H2,26,27,28,30). The van der Waals surface area contributed by atoms with Crippen LogP contribution in [-0.2, 0) is 4.79 Å². The lowest BCUT2D eigenvalue weighted by molar-refractivity contribution is -0.117. The van der Waals surface area contributed by atoms with E-state index in [0.717, 1.165) is 35.0 Å². The molecule has 0 aromatic carbocycles. The van der Waals surface area contributed by atoms with Crippen LogP contribution in [0, 0.1) is 11.8 Å². The molecule has 2 amide bonds. The number of rotatable bonds is 4. The largest absolute Gasteiger partial charge is 0.346 e. The quantitative estimate of drug-likeness (QED) is 0.602. The van der Waals surface area contributed by atoms with E-state index in [4.69, 9.17) is 11.6 Å². The third-order valence-corrected chi connectivity index (χ3v) is 6.17. The van der Waals surface area contributed by atoms with Crippen molar-refractivity contribution in [3.8, 4) is 0 Å². The number of fused-ring (bicyclic) bond motifs is 1. The molecule has 7 nitrogen and oxygen atoms in total. The van der Waals surface area contributed by atoms with Crippen molar-refractivity contribution in [2.24, 2.45) is 11.8 Å². The maximum absolute atomic E-state index is 12.9. The first-order chi connectivity index (χ1) is 15.0. The number of nitrogens with one attached hydrogen (secondary N) is 2. The summed E-state index contributed by atoms with van der Waals surface area (Å²) in [6, 6.07) is 7.34. The lowest BCUT2D eigenvalue weighted by Gasteiger charge is -2.32. The number of aromatic nitrogens is 3. The van der Waals surface area contributed by atoms with Crippen LogP contribution in [-0.4, -0.2) is 44.8 Å². The summed E-state index contributed by atoms with van der Waals surface area (Å²) >= 11 is 6.12. The molecule has 1 fully saturated rings. The van der Waals surface area contributed by atoms with Crippen LogP contribution in [0.5, 0.6) is 0 Å². The van der Waals surface area contributed by atoms with E-state index >= 15 is 0 Å². The average molecular weight is 436 g/mol. The summed E-state index contributed by atoms with van der Waals surface area (Å²) in [5, 5.41) is 4.17. The Hall–Kier alpha value is -3.19. The fraction of sp³-hybridized carbons (Fsp3) is 0.304. The van der Waals surface area contributed by atoms with Gasteiger partial charge in [-0.1, -0.05) is 24.6 Å². The van der Waals surface area contributed by atoms with E-state index < -0.39 is 0 Å². The zero-order valence-corrected chi connectivity index (χ0v) is 17.8. The molecule has 0 saturated heterocycles. The molecule has 1 unspecified atom stereocenters. The van der Waals surface area contributed by atoms with Crippen LogP contribution in [0.1, 0.15) is 35.7 Å². The van der Waals surface area contributed by atoms with Gasteiger partial charge < -0.3 is 15.2 Å². The van der Waals surface area contributed by atoms with E-state index in [-0.39, 0.29) is 28.8 Å². The predicted molar refractivity (Wildman–Crippen MR) is 120 cm³/mol. The molecule has 2 aliphatic rings. The molecule has 1 atom stereocenters. The van der Waals surface area contributed by atoms with Crippen LogP contribution in [0.4, 0.5) is 5.82 Å².